The van der Waals surface area contributed by atoms with Gasteiger partial charge in [0.25, 0.3) is 0 Å². The van der Waals surface area contributed by atoms with Crippen LogP contribution in [0.5, 0.6) is 0 Å². The first-order valence-corrected chi connectivity index (χ1v) is 6.75. The van der Waals surface area contributed by atoms with Crippen LogP contribution < -0.4 is 0 Å². The molecule has 0 saturated heterocycles. The molecule has 0 aromatic carbocycles. The molecule has 0 saturated carbocycles. The minimum Gasteiger partial charge on any atom is -0.478 e. The van der Waals surface area contributed by atoms with E-state index in [1.54, 1.807) is 17.4 Å². The van der Waals surface area contributed by atoms with Gasteiger partial charge < -0.3 is 14.6 Å². The molecule has 0 amide bonds. The first-order chi connectivity index (χ1) is 8.74. The lowest BCUT2D eigenvalue weighted by Crippen LogP contribution is -2.04. The molecule has 1 N–H and O–H groups in total. The molecule has 1 rings (SSSR count). The molecule has 0 bridgehead atoms. The van der Waals surface area contributed by atoms with Crippen molar-refractivity contribution >= 4 is 23.4 Å². The van der Waals surface area contributed by atoms with E-state index in [9.17, 15) is 4.79 Å². The van der Waals surface area contributed by atoms with Crippen molar-refractivity contribution in [1.82, 2.24) is 0 Å². The first-order valence-electron chi connectivity index (χ1n) is 5.87. The molecule has 0 aliphatic carbocycles. The maximum atomic E-state index is 10.4. The van der Waals surface area contributed by atoms with E-state index < -0.39 is 5.97 Å². The second kappa shape index (κ2) is 8.85. The summed E-state index contributed by atoms with van der Waals surface area (Å²) in [6, 6.07) is 1.89. The molecular weight excluding hydrogens is 252 g/mol. The smallest absolute Gasteiger partial charge is 0.328 e. The zero-order valence-corrected chi connectivity index (χ0v) is 11.2. The van der Waals surface area contributed by atoms with Crippen molar-refractivity contribution in [3.63, 3.8) is 0 Å². The Bertz CT molecular complexity index is 384. The van der Waals surface area contributed by atoms with Gasteiger partial charge in [0, 0.05) is 17.6 Å². The summed E-state index contributed by atoms with van der Waals surface area (Å²) in [4.78, 5) is 11.5. The molecule has 1 heterocycles. The first kappa shape index (κ1) is 14.9. The highest BCUT2D eigenvalue weighted by atomic mass is 32.1. The molecule has 4 nitrogen and oxygen atoms in total. The average molecular weight is 270 g/mol. The molecular formula is C13H18O4S. The predicted molar refractivity (Wildman–Crippen MR) is 71.8 cm³/mol. The van der Waals surface area contributed by atoms with Gasteiger partial charge in [-0.25, -0.2) is 4.79 Å². The van der Waals surface area contributed by atoms with Crippen molar-refractivity contribution in [2.24, 2.45) is 0 Å². The van der Waals surface area contributed by atoms with Crippen LogP contribution in [0.1, 0.15) is 23.8 Å². The number of ether oxygens (including phenoxy) is 2. The van der Waals surface area contributed by atoms with Gasteiger partial charge in [0.2, 0.25) is 0 Å². The minimum absolute atomic E-state index is 0.493. The molecule has 0 unspecified atom stereocenters. The van der Waals surface area contributed by atoms with Crippen molar-refractivity contribution in [2.45, 2.75) is 20.0 Å². The Labute approximate surface area is 111 Å². The second-order valence-electron chi connectivity index (χ2n) is 3.64. The van der Waals surface area contributed by atoms with Gasteiger partial charge in [-0.05, 0) is 29.5 Å². The zero-order valence-electron chi connectivity index (χ0n) is 10.4. The monoisotopic (exact) mass is 270 g/mol. The van der Waals surface area contributed by atoms with Gasteiger partial charge in [-0.1, -0.05) is 6.92 Å². The maximum Gasteiger partial charge on any atom is 0.328 e. The highest BCUT2D eigenvalue weighted by Gasteiger charge is 2.02. The van der Waals surface area contributed by atoms with Crippen LogP contribution in [0, 0.1) is 0 Å². The van der Waals surface area contributed by atoms with Gasteiger partial charge in [-0.2, -0.15) is 0 Å². The summed E-state index contributed by atoms with van der Waals surface area (Å²) in [5.74, 6) is -0.943. The fourth-order valence-corrected chi connectivity index (χ4v) is 2.11. The molecule has 5 heteroatoms. The summed E-state index contributed by atoms with van der Waals surface area (Å²) in [5.41, 5.74) is 0.900. The molecule has 0 aliphatic heterocycles. The molecule has 0 atom stereocenters. The summed E-state index contributed by atoms with van der Waals surface area (Å²) < 4.78 is 10.8. The molecule has 0 fully saturated rings. The third-order valence-electron chi connectivity index (χ3n) is 2.14. The standard InChI is InChI=1S/C13H18O4S/c1-2-6-16-7-8-17-10-12-11(5-9-18-12)3-4-13(14)15/h3-5,9H,2,6-8,10H2,1H3,(H,14,15). The molecule has 18 heavy (non-hydrogen) atoms. The number of aliphatic carboxylic acids is 1. The molecule has 0 radical (unpaired) electrons. The Balaban J connectivity index is 2.30. The molecule has 0 spiro atoms. The third kappa shape index (κ3) is 5.95. The number of rotatable bonds is 9. The normalized spacial score (nSPS) is 11.2. The lowest BCUT2D eigenvalue weighted by molar-refractivity contribution is -0.131. The van der Waals surface area contributed by atoms with Crippen LogP contribution in [-0.2, 0) is 20.9 Å². The fraction of sp³-hybridized carbons (Fsp3) is 0.462. The number of hydrogen-bond donors (Lipinski definition) is 1. The Morgan fingerprint density at radius 1 is 1.39 bits per heavy atom. The molecule has 100 valence electrons. The van der Waals surface area contributed by atoms with Gasteiger partial charge in [-0.15, -0.1) is 11.3 Å². The molecule has 0 aliphatic rings. The predicted octanol–water partition coefficient (Wildman–Crippen LogP) is 2.79. The van der Waals surface area contributed by atoms with Gasteiger partial charge >= 0.3 is 5.97 Å². The van der Waals surface area contributed by atoms with E-state index in [0.29, 0.717) is 19.8 Å². The van der Waals surface area contributed by atoms with Crippen LogP contribution in [0.3, 0.4) is 0 Å². The highest BCUT2D eigenvalue weighted by molar-refractivity contribution is 7.10. The lowest BCUT2D eigenvalue weighted by atomic mass is 10.2. The molecule has 1 aromatic rings. The third-order valence-corrected chi connectivity index (χ3v) is 3.05. The zero-order chi connectivity index (χ0) is 13.2. The van der Waals surface area contributed by atoms with Crippen LogP contribution in [0.15, 0.2) is 17.5 Å². The van der Waals surface area contributed by atoms with Gasteiger partial charge in [0.05, 0.1) is 19.8 Å². The Kier molecular flexibility index (Phi) is 7.32. The summed E-state index contributed by atoms with van der Waals surface area (Å²) >= 11 is 1.56. The van der Waals surface area contributed by atoms with Crippen LogP contribution in [0.4, 0.5) is 0 Å². The van der Waals surface area contributed by atoms with Crippen LogP contribution in [0.2, 0.25) is 0 Å². The Morgan fingerprint density at radius 3 is 2.89 bits per heavy atom. The van der Waals surface area contributed by atoms with Gasteiger partial charge in [0.15, 0.2) is 0 Å². The van der Waals surface area contributed by atoms with Gasteiger partial charge in [-0.3, -0.25) is 0 Å². The SMILES string of the molecule is CCCOCCOCc1sccc1C=CC(=O)O. The van der Waals surface area contributed by atoms with Crippen LogP contribution in [-0.4, -0.2) is 30.9 Å². The van der Waals surface area contributed by atoms with E-state index in [4.69, 9.17) is 14.6 Å². The fourth-order valence-electron chi connectivity index (χ4n) is 1.31. The summed E-state index contributed by atoms with van der Waals surface area (Å²) in [5, 5.41) is 10.5. The van der Waals surface area contributed by atoms with Crippen molar-refractivity contribution in [3.8, 4) is 0 Å². The average Bonchev–Trinajstić information content (AvgIpc) is 2.78. The quantitative estimate of drug-likeness (QED) is 0.554. The van der Waals surface area contributed by atoms with E-state index in [1.165, 1.54) is 0 Å². The summed E-state index contributed by atoms with van der Waals surface area (Å²) in [6.45, 7) is 4.47. The van der Waals surface area contributed by atoms with E-state index in [1.807, 2.05) is 11.4 Å². The topological polar surface area (TPSA) is 55.8 Å². The largest absolute Gasteiger partial charge is 0.478 e. The van der Waals surface area contributed by atoms with Crippen molar-refractivity contribution in [2.75, 3.05) is 19.8 Å². The Hall–Kier alpha value is -1.17. The van der Waals surface area contributed by atoms with E-state index >= 15 is 0 Å². The van der Waals surface area contributed by atoms with Crippen molar-refractivity contribution in [1.29, 1.82) is 0 Å². The molecule has 1 aromatic heterocycles. The van der Waals surface area contributed by atoms with E-state index in [0.717, 1.165) is 29.5 Å². The van der Waals surface area contributed by atoms with Crippen molar-refractivity contribution in [3.05, 3.63) is 28.0 Å². The summed E-state index contributed by atoms with van der Waals surface area (Å²) in [6.07, 6.45) is 3.73. The van der Waals surface area contributed by atoms with Crippen molar-refractivity contribution < 1.29 is 19.4 Å². The van der Waals surface area contributed by atoms with Crippen LogP contribution >= 0.6 is 11.3 Å². The minimum atomic E-state index is -0.943. The lowest BCUT2D eigenvalue weighted by Gasteiger charge is -2.04. The number of carboxylic acids is 1. The van der Waals surface area contributed by atoms with E-state index in [2.05, 4.69) is 6.92 Å². The van der Waals surface area contributed by atoms with Crippen LogP contribution in [0.25, 0.3) is 6.08 Å². The maximum absolute atomic E-state index is 10.4. The van der Waals surface area contributed by atoms with Gasteiger partial charge in [0.1, 0.15) is 0 Å². The second-order valence-corrected chi connectivity index (χ2v) is 4.64. The summed E-state index contributed by atoms with van der Waals surface area (Å²) in [7, 11) is 0. The Morgan fingerprint density at radius 2 is 2.17 bits per heavy atom. The number of carboxylic acid groups (broad SMARTS) is 1. The highest BCUT2D eigenvalue weighted by Crippen LogP contribution is 2.19. The van der Waals surface area contributed by atoms with E-state index in [-0.39, 0.29) is 0 Å². The number of carbonyl (C=O) groups is 1. The number of hydrogen-bond acceptors (Lipinski definition) is 4. The number of thiophene rings is 1.